The van der Waals surface area contributed by atoms with Gasteiger partial charge in [-0.25, -0.2) is 4.79 Å². The molecule has 0 bridgehead atoms. The minimum absolute atomic E-state index is 0.0332. The first kappa shape index (κ1) is 12.6. The van der Waals surface area contributed by atoms with Crippen LogP contribution >= 0.6 is 0 Å². The zero-order chi connectivity index (χ0) is 12.3. The summed E-state index contributed by atoms with van der Waals surface area (Å²) in [7, 11) is 0. The van der Waals surface area contributed by atoms with Crippen molar-refractivity contribution in [1.82, 2.24) is 10.2 Å². The first-order valence-electron chi connectivity index (χ1n) is 6.17. The van der Waals surface area contributed by atoms with Gasteiger partial charge >= 0.3 is 6.03 Å². The summed E-state index contributed by atoms with van der Waals surface area (Å²) in [5.41, 5.74) is 5.59. The van der Waals surface area contributed by atoms with Crippen LogP contribution in [-0.4, -0.2) is 62.0 Å². The second kappa shape index (κ2) is 5.66. The molecule has 2 fully saturated rings. The van der Waals surface area contributed by atoms with Crippen LogP contribution in [0.15, 0.2) is 0 Å². The number of rotatable bonds is 2. The number of ether oxygens (including phenoxy) is 2. The molecule has 0 aliphatic carbocycles. The van der Waals surface area contributed by atoms with Gasteiger partial charge in [0.2, 0.25) is 0 Å². The molecule has 0 aromatic carbocycles. The lowest BCUT2D eigenvalue weighted by molar-refractivity contribution is -0.0590. The maximum atomic E-state index is 12.0. The average molecular weight is 243 g/mol. The van der Waals surface area contributed by atoms with Gasteiger partial charge in [0, 0.05) is 26.2 Å². The number of carbonyl (C=O) groups is 1. The predicted octanol–water partition coefficient (Wildman–Crippen LogP) is -0.467. The smallest absolute Gasteiger partial charge is 0.317 e. The Hall–Kier alpha value is -0.850. The summed E-state index contributed by atoms with van der Waals surface area (Å²) in [6.45, 7) is 4.94. The molecule has 0 spiro atoms. The van der Waals surface area contributed by atoms with E-state index in [1.54, 1.807) is 4.90 Å². The van der Waals surface area contributed by atoms with Crippen molar-refractivity contribution in [3.05, 3.63) is 0 Å². The number of hydrogen-bond acceptors (Lipinski definition) is 4. The number of carbonyl (C=O) groups excluding carboxylic acids is 1. The zero-order valence-corrected chi connectivity index (χ0v) is 10.2. The van der Waals surface area contributed by atoms with Crippen LogP contribution in [0.5, 0.6) is 0 Å². The van der Waals surface area contributed by atoms with E-state index in [0.717, 1.165) is 13.0 Å². The number of nitrogens with two attached hydrogens (primary N) is 1. The fourth-order valence-electron chi connectivity index (χ4n) is 2.26. The van der Waals surface area contributed by atoms with Crippen LogP contribution in [-0.2, 0) is 9.47 Å². The molecule has 0 aromatic heterocycles. The molecule has 2 saturated heterocycles. The van der Waals surface area contributed by atoms with Crippen molar-refractivity contribution in [2.45, 2.75) is 31.6 Å². The number of hydrogen-bond donors (Lipinski definition) is 2. The van der Waals surface area contributed by atoms with Crippen molar-refractivity contribution in [3.63, 3.8) is 0 Å². The van der Waals surface area contributed by atoms with Gasteiger partial charge in [0.15, 0.2) is 0 Å². The van der Waals surface area contributed by atoms with Crippen molar-refractivity contribution in [2.24, 2.45) is 5.73 Å². The molecular formula is C11H21N3O3. The van der Waals surface area contributed by atoms with Gasteiger partial charge in [-0.3, -0.25) is 0 Å². The van der Waals surface area contributed by atoms with Crippen LogP contribution in [0, 0.1) is 0 Å². The topological polar surface area (TPSA) is 76.8 Å². The van der Waals surface area contributed by atoms with E-state index in [1.165, 1.54) is 0 Å². The zero-order valence-electron chi connectivity index (χ0n) is 10.2. The van der Waals surface area contributed by atoms with Crippen LogP contribution in [0.2, 0.25) is 0 Å². The van der Waals surface area contributed by atoms with Crippen LogP contribution in [0.1, 0.15) is 13.3 Å². The number of urea groups is 1. The third kappa shape index (κ3) is 3.31. The Bertz CT molecular complexity index is 269. The van der Waals surface area contributed by atoms with E-state index >= 15 is 0 Å². The van der Waals surface area contributed by atoms with E-state index in [4.69, 9.17) is 15.2 Å². The lowest BCUT2D eigenvalue weighted by Gasteiger charge is -2.36. The maximum Gasteiger partial charge on any atom is 0.317 e. The molecule has 17 heavy (non-hydrogen) atoms. The first-order valence-corrected chi connectivity index (χ1v) is 6.17. The Balaban J connectivity index is 1.84. The molecule has 2 amide bonds. The highest BCUT2D eigenvalue weighted by molar-refractivity contribution is 5.74. The van der Waals surface area contributed by atoms with Crippen molar-refractivity contribution < 1.29 is 14.3 Å². The second-order valence-electron chi connectivity index (χ2n) is 4.72. The summed E-state index contributed by atoms with van der Waals surface area (Å²) in [6, 6.07) is 0.117. The summed E-state index contributed by atoms with van der Waals surface area (Å²) in [4.78, 5) is 13.8. The van der Waals surface area contributed by atoms with E-state index in [-0.39, 0.29) is 24.3 Å². The van der Waals surface area contributed by atoms with E-state index in [2.05, 4.69) is 5.32 Å². The molecule has 2 heterocycles. The van der Waals surface area contributed by atoms with E-state index in [0.29, 0.717) is 26.2 Å². The minimum Gasteiger partial charge on any atom is -0.379 e. The standard InChI is InChI=1S/C11H21N3O3/c1-8-5-14(6-10(4-12)17-8)11(15)13-9-2-3-16-7-9/h8-10H,2-7,12H2,1H3,(H,13,15). The van der Waals surface area contributed by atoms with Crippen LogP contribution < -0.4 is 11.1 Å². The third-order valence-corrected chi connectivity index (χ3v) is 3.13. The molecule has 3 unspecified atom stereocenters. The minimum atomic E-state index is -0.0515. The van der Waals surface area contributed by atoms with Gasteiger partial charge in [-0.15, -0.1) is 0 Å². The molecule has 2 rings (SSSR count). The second-order valence-corrected chi connectivity index (χ2v) is 4.72. The third-order valence-electron chi connectivity index (χ3n) is 3.13. The monoisotopic (exact) mass is 243 g/mol. The molecule has 6 heteroatoms. The van der Waals surface area contributed by atoms with Gasteiger partial charge in [0.25, 0.3) is 0 Å². The Kier molecular flexibility index (Phi) is 4.20. The van der Waals surface area contributed by atoms with Gasteiger partial charge in [0.1, 0.15) is 0 Å². The molecule has 0 aromatic rings. The molecule has 98 valence electrons. The fraction of sp³-hybridized carbons (Fsp3) is 0.909. The lowest BCUT2D eigenvalue weighted by atomic mass is 10.2. The highest BCUT2D eigenvalue weighted by Crippen LogP contribution is 2.11. The molecule has 0 radical (unpaired) electrons. The van der Waals surface area contributed by atoms with Gasteiger partial charge in [0.05, 0.1) is 24.9 Å². The van der Waals surface area contributed by atoms with Gasteiger partial charge < -0.3 is 25.4 Å². The lowest BCUT2D eigenvalue weighted by Crippen LogP contribution is -2.55. The SMILES string of the molecule is CC1CN(C(=O)NC2CCOC2)CC(CN)O1. The first-order chi connectivity index (χ1) is 8.19. The largest absolute Gasteiger partial charge is 0.379 e. The van der Waals surface area contributed by atoms with Crippen molar-refractivity contribution in [2.75, 3.05) is 32.8 Å². The summed E-state index contributed by atoms with van der Waals surface area (Å²) in [6.07, 6.45) is 0.888. The molecule has 3 N–H and O–H groups in total. The van der Waals surface area contributed by atoms with Gasteiger partial charge in [-0.1, -0.05) is 0 Å². The Morgan fingerprint density at radius 2 is 2.35 bits per heavy atom. The van der Waals surface area contributed by atoms with Crippen molar-refractivity contribution in [3.8, 4) is 0 Å². The summed E-state index contributed by atoms with van der Waals surface area (Å²) >= 11 is 0. The fourth-order valence-corrected chi connectivity index (χ4v) is 2.26. The Morgan fingerprint density at radius 1 is 1.53 bits per heavy atom. The Labute approximate surface area is 101 Å². The van der Waals surface area contributed by atoms with Crippen molar-refractivity contribution in [1.29, 1.82) is 0 Å². The quantitative estimate of drug-likeness (QED) is 0.687. The Morgan fingerprint density at radius 3 is 3.00 bits per heavy atom. The summed E-state index contributed by atoms with van der Waals surface area (Å²) in [5, 5.41) is 2.98. The number of nitrogens with zero attached hydrogens (tertiary/aromatic N) is 1. The normalized spacial score (nSPS) is 33.8. The average Bonchev–Trinajstić information content (AvgIpc) is 2.81. The van der Waals surface area contributed by atoms with Crippen molar-refractivity contribution >= 4 is 6.03 Å². The molecule has 2 aliphatic heterocycles. The molecule has 6 nitrogen and oxygen atoms in total. The molecule has 0 saturated carbocycles. The van der Waals surface area contributed by atoms with E-state index < -0.39 is 0 Å². The summed E-state index contributed by atoms with van der Waals surface area (Å²) < 4.78 is 10.8. The maximum absolute atomic E-state index is 12.0. The van der Waals surface area contributed by atoms with Crippen LogP contribution in [0.4, 0.5) is 4.79 Å². The highest BCUT2D eigenvalue weighted by atomic mass is 16.5. The molecular weight excluding hydrogens is 222 g/mol. The molecule has 2 aliphatic rings. The number of amides is 2. The molecule has 3 atom stereocenters. The predicted molar refractivity (Wildman–Crippen MR) is 62.7 cm³/mol. The van der Waals surface area contributed by atoms with E-state index in [1.807, 2.05) is 6.92 Å². The van der Waals surface area contributed by atoms with Gasteiger partial charge in [-0.05, 0) is 13.3 Å². The van der Waals surface area contributed by atoms with Crippen LogP contribution in [0.25, 0.3) is 0 Å². The van der Waals surface area contributed by atoms with Gasteiger partial charge in [-0.2, -0.15) is 0 Å². The summed E-state index contributed by atoms with van der Waals surface area (Å²) in [5.74, 6) is 0. The number of morpholine rings is 1. The van der Waals surface area contributed by atoms with Crippen LogP contribution in [0.3, 0.4) is 0 Å². The number of nitrogens with one attached hydrogen (secondary N) is 1. The van der Waals surface area contributed by atoms with E-state index in [9.17, 15) is 4.79 Å². The highest BCUT2D eigenvalue weighted by Gasteiger charge is 2.29.